The van der Waals surface area contributed by atoms with Crippen molar-refractivity contribution in [1.29, 1.82) is 0 Å². The molecular weight excluding hydrogens is 302 g/mol. The molecule has 116 valence electrons. The van der Waals surface area contributed by atoms with Crippen LogP contribution in [0, 0.1) is 6.92 Å². The molecule has 0 atom stereocenters. The number of hydrogen-bond acceptors (Lipinski definition) is 4. The van der Waals surface area contributed by atoms with Gasteiger partial charge in [0.15, 0.2) is 11.5 Å². The summed E-state index contributed by atoms with van der Waals surface area (Å²) in [5.41, 5.74) is 1.53. The number of ether oxygens (including phenoxy) is 2. The van der Waals surface area contributed by atoms with Crippen LogP contribution in [0.1, 0.15) is 11.1 Å². The summed E-state index contributed by atoms with van der Waals surface area (Å²) in [6, 6.07) is 12.6. The maximum atomic E-state index is 12.5. The van der Waals surface area contributed by atoms with Crippen molar-refractivity contribution in [3.05, 3.63) is 53.6 Å². The zero-order chi connectivity index (χ0) is 15.6. The molecule has 0 unspecified atom stereocenters. The minimum absolute atomic E-state index is 0.215. The Bertz CT molecular complexity index is 772. The van der Waals surface area contributed by atoms with E-state index in [0.717, 1.165) is 5.56 Å². The van der Waals surface area contributed by atoms with E-state index in [1.165, 1.54) is 6.07 Å². The van der Waals surface area contributed by atoms with E-state index in [2.05, 4.69) is 4.72 Å². The number of hydrogen-bond donors (Lipinski definition) is 1. The first-order valence-corrected chi connectivity index (χ1v) is 8.48. The lowest BCUT2D eigenvalue weighted by Gasteiger charge is -2.20. The van der Waals surface area contributed by atoms with Crippen molar-refractivity contribution in [2.24, 2.45) is 0 Å². The molecule has 0 spiro atoms. The summed E-state index contributed by atoms with van der Waals surface area (Å²) in [5, 5.41) is 0. The van der Waals surface area contributed by atoms with Gasteiger partial charge in [0.05, 0.1) is 4.90 Å². The molecule has 5 nitrogen and oxygen atoms in total. The third-order valence-corrected chi connectivity index (χ3v) is 4.98. The second-order valence-corrected chi connectivity index (χ2v) is 6.81. The zero-order valence-electron chi connectivity index (χ0n) is 12.2. The maximum absolute atomic E-state index is 12.5. The van der Waals surface area contributed by atoms with E-state index in [-0.39, 0.29) is 11.4 Å². The standard InChI is InChI=1S/C16H17NO4S/c1-12-9-14-15(21-8-7-20-14)10-16(12)22(18,19)17-11-13-5-3-2-4-6-13/h2-6,9-10,17H,7-8,11H2,1H3. The number of sulfonamides is 1. The third-order valence-electron chi connectivity index (χ3n) is 3.44. The van der Waals surface area contributed by atoms with Crippen LogP contribution in [0.5, 0.6) is 11.5 Å². The SMILES string of the molecule is Cc1cc2c(cc1S(=O)(=O)NCc1ccccc1)OCCO2. The lowest BCUT2D eigenvalue weighted by Crippen LogP contribution is -2.24. The van der Waals surface area contributed by atoms with Crippen molar-refractivity contribution >= 4 is 10.0 Å². The summed E-state index contributed by atoms with van der Waals surface area (Å²) in [4.78, 5) is 0.215. The lowest BCUT2D eigenvalue weighted by atomic mass is 10.2. The van der Waals surface area contributed by atoms with Crippen LogP contribution >= 0.6 is 0 Å². The minimum Gasteiger partial charge on any atom is -0.486 e. The molecule has 1 heterocycles. The summed E-state index contributed by atoms with van der Waals surface area (Å²) in [7, 11) is -3.61. The number of benzene rings is 2. The van der Waals surface area contributed by atoms with Crippen molar-refractivity contribution in [3.8, 4) is 11.5 Å². The van der Waals surface area contributed by atoms with Crippen LogP contribution in [-0.4, -0.2) is 21.6 Å². The van der Waals surface area contributed by atoms with Crippen molar-refractivity contribution in [1.82, 2.24) is 4.72 Å². The fourth-order valence-electron chi connectivity index (χ4n) is 2.31. The van der Waals surface area contributed by atoms with Crippen molar-refractivity contribution in [2.75, 3.05) is 13.2 Å². The van der Waals surface area contributed by atoms with E-state index in [1.807, 2.05) is 30.3 Å². The Balaban J connectivity index is 1.85. The molecule has 3 rings (SSSR count). The Labute approximate surface area is 129 Å². The molecule has 1 N–H and O–H groups in total. The van der Waals surface area contributed by atoms with Gasteiger partial charge in [0.2, 0.25) is 10.0 Å². The normalized spacial score (nSPS) is 13.9. The van der Waals surface area contributed by atoms with E-state index in [0.29, 0.717) is 30.3 Å². The molecule has 1 aliphatic heterocycles. The van der Waals surface area contributed by atoms with Gasteiger partial charge in [0.1, 0.15) is 13.2 Å². The molecule has 1 aliphatic rings. The Morgan fingerprint density at radius 1 is 1.05 bits per heavy atom. The molecular formula is C16H17NO4S. The summed E-state index contributed by atoms with van der Waals surface area (Å²) in [6.45, 7) is 2.89. The molecule has 0 aromatic heterocycles. The smallest absolute Gasteiger partial charge is 0.241 e. The van der Waals surface area contributed by atoms with Gasteiger partial charge in [0.25, 0.3) is 0 Å². The van der Waals surface area contributed by atoms with Crippen molar-refractivity contribution in [2.45, 2.75) is 18.4 Å². The highest BCUT2D eigenvalue weighted by molar-refractivity contribution is 7.89. The summed E-state index contributed by atoms with van der Waals surface area (Å²) < 4.78 is 38.5. The second kappa shape index (κ2) is 5.98. The predicted octanol–water partition coefficient (Wildman–Crippen LogP) is 2.24. The topological polar surface area (TPSA) is 64.6 Å². The van der Waals surface area contributed by atoms with Crippen molar-refractivity contribution < 1.29 is 17.9 Å². The summed E-state index contributed by atoms with van der Waals surface area (Å²) in [5.74, 6) is 1.06. The lowest BCUT2D eigenvalue weighted by molar-refractivity contribution is 0.171. The molecule has 0 amide bonds. The molecule has 2 aromatic carbocycles. The molecule has 0 radical (unpaired) electrons. The minimum atomic E-state index is -3.61. The number of aryl methyl sites for hydroxylation is 1. The number of rotatable bonds is 4. The zero-order valence-corrected chi connectivity index (χ0v) is 13.0. The van der Waals surface area contributed by atoms with Crippen LogP contribution in [-0.2, 0) is 16.6 Å². The molecule has 0 bridgehead atoms. The van der Waals surface area contributed by atoms with Gasteiger partial charge >= 0.3 is 0 Å². The third kappa shape index (κ3) is 3.08. The van der Waals surface area contributed by atoms with E-state index in [9.17, 15) is 8.42 Å². The first kappa shape index (κ1) is 14.9. The van der Waals surface area contributed by atoms with E-state index < -0.39 is 10.0 Å². The van der Waals surface area contributed by atoms with Crippen LogP contribution in [0.2, 0.25) is 0 Å². The first-order chi connectivity index (χ1) is 10.6. The van der Waals surface area contributed by atoms with Gasteiger partial charge in [0, 0.05) is 12.6 Å². The number of nitrogens with one attached hydrogen (secondary N) is 1. The van der Waals surface area contributed by atoms with E-state index >= 15 is 0 Å². The van der Waals surface area contributed by atoms with E-state index in [1.54, 1.807) is 13.0 Å². The summed E-state index contributed by atoms with van der Waals surface area (Å²) in [6.07, 6.45) is 0. The van der Waals surface area contributed by atoms with Crippen LogP contribution in [0.15, 0.2) is 47.4 Å². The maximum Gasteiger partial charge on any atom is 0.241 e. The van der Waals surface area contributed by atoms with Crippen LogP contribution < -0.4 is 14.2 Å². The van der Waals surface area contributed by atoms with Gasteiger partial charge < -0.3 is 9.47 Å². The quantitative estimate of drug-likeness (QED) is 0.939. The second-order valence-electron chi connectivity index (χ2n) is 5.07. The Morgan fingerprint density at radius 3 is 2.36 bits per heavy atom. The molecule has 22 heavy (non-hydrogen) atoms. The van der Waals surface area contributed by atoms with Gasteiger partial charge in [-0.1, -0.05) is 30.3 Å². The number of fused-ring (bicyclic) bond motifs is 1. The molecule has 0 aliphatic carbocycles. The molecule has 6 heteroatoms. The van der Waals surface area contributed by atoms with Gasteiger partial charge in [-0.3, -0.25) is 0 Å². The Morgan fingerprint density at radius 2 is 1.68 bits per heavy atom. The van der Waals surface area contributed by atoms with E-state index in [4.69, 9.17) is 9.47 Å². The van der Waals surface area contributed by atoms with Gasteiger partial charge in [-0.15, -0.1) is 0 Å². The highest BCUT2D eigenvalue weighted by Crippen LogP contribution is 2.34. The monoisotopic (exact) mass is 319 g/mol. The fraction of sp³-hybridized carbons (Fsp3) is 0.250. The van der Waals surface area contributed by atoms with Gasteiger partial charge in [-0.05, 0) is 24.1 Å². The van der Waals surface area contributed by atoms with Crippen LogP contribution in [0.4, 0.5) is 0 Å². The molecule has 0 saturated carbocycles. The molecule has 0 fully saturated rings. The first-order valence-electron chi connectivity index (χ1n) is 7.00. The van der Waals surface area contributed by atoms with Crippen molar-refractivity contribution in [3.63, 3.8) is 0 Å². The average Bonchev–Trinajstić information content (AvgIpc) is 2.53. The largest absolute Gasteiger partial charge is 0.486 e. The summed E-state index contributed by atoms with van der Waals surface area (Å²) >= 11 is 0. The predicted molar refractivity (Wildman–Crippen MR) is 82.6 cm³/mol. The fourth-order valence-corrected chi connectivity index (χ4v) is 3.57. The Hall–Kier alpha value is -2.05. The van der Waals surface area contributed by atoms with Gasteiger partial charge in [-0.25, -0.2) is 13.1 Å². The highest BCUT2D eigenvalue weighted by Gasteiger charge is 2.22. The Kier molecular flexibility index (Phi) is 4.04. The average molecular weight is 319 g/mol. The van der Waals surface area contributed by atoms with Crippen LogP contribution in [0.25, 0.3) is 0 Å². The molecule has 2 aromatic rings. The van der Waals surface area contributed by atoms with Gasteiger partial charge in [-0.2, -0.15) is 0 Å². The molecule has 0 saturated heterocycles. The highest BCUT2D eigenvalue weighted by atomic mass is 32.2. The van der Waals surface area contributed by atoms with Crippen LogP contribution in [0.3, 0.4) is 0 Å².